The first-order valence-corrected chi connectivity index (χ1v) is 5.98. The molecule has 0 radical (unpaired) electrons. The lowest BCUT2D eigenvalue weighted by molar-refractivity contribution is -0.240. The minimum Gasteiger partial charge on any atom is -0.457 e. The second kappa shape index (κ2) is 5.75. The average molecular weight is 278 g/mol. The van der Waals surface area contributed by atoms with E-state index < -0.39 is 24.3 Å². The highest BCUT2D eigenvalue weighted by molar-refractivity contribution is 5.91. The van der Waals surface area contributed by atoms with Crippen LogP contribution in [0.15, 0.2) is 36.4 Å². The SMILES string of the molecule is CC(=O)OC[C@]1(CO)OC(=O)C=C(c2ccccc2)O1. The van der Waals surface area contributed by atoms with E-state index in [0.717, 1.165) is 0 Å². The van der Waals surface area contributed by atoms with E-state index in [-0.39, 0.29) is 12.4 Å². The Morgan fingerprint density at radius 2 is 2.00 bits per heavy atom. The zero-order valence-corrected chi connectivity index (χ0v) is 10.9. The molecule has 0 bridgehead atoms. The molecule has 1 aliphatic rings. The van der Waals surface area contributed by atoms with E-state index in [1.54, 1.807) is 24.3 Å². The predicted octanol–water partition coefficient (Wildman–Crippen LogP) is 0.853. The number of carbonyl (C=O) groups excluding carboxylic acids is 2. The van der Waals surface area contributed by atoms with Crippen LogP contribution >= 0.6 is 0 Å². The largest absolute Gasteiger partial charge is 0.457 e. The molecule has 0 unspecified atom stereocenters. The summed E-state index contributed by atoms with van der Waals surface area (Å²) in [5.41, 5.74) is 0.657. The minimum absolute atomic E-state index is 0.253. The molecule has 0 aromatic heterocycles. The number of hydrogen-bond acceptors (Lipinski definition) is 6. The number of hydrogen-bond donors (Lipinski definition) is 1. The third kappa shape index (κ3) is 3.16. The van der Waals surface area contributed by atoms with E-state index >= 15 is 0 Å². The van der Waals surface area contributed by atoms with Crippen molar-refractivity contribution in [3.63, 3.8) is 0 Å². The van der Waals surface area contributed by atoms with Gasteiger partial charge in [-0.2, -0.15) is 0 Å². The molecule has 1 atom stereocenters. The van der Waals surface area contributed by atoms with E-state index in [2.05, 4.69) is 0 Å². The van der Waals surface area contributed by atoms with Gasteiger partial charge in [-0.1, -0.05) is 30.3 Å². The lowest BCUT2D eigenvalue weighted by atomic mass is 10.1. The first-order chi connectivity index (χ1) is 9.54. The second-order valence-corrected chi connectivity index (χ2v) is 4.25. The quantitative estimate of drug-likeness (QED) is 0.822. The van der Waals surface area contributed by atoms with Crippen LogP contribution in [0.3, 0.4) is 0 Å². The first-order valence-electron chi connectivity index (χ1n) is 5.98. The number of aliphatic hydroxyl groups excluding tert-OH is 1. The number of aliphatic hydroxyl groups is 1. The smallest absolute Gasteiger partial charge is 0.338 e. The van der Waals surface area contributed by atoms with Gasteiger partial charge in [0.05, 0.1) is 6.08 Å². The Bertz CT molecular complexity index is 536. The van der Waals surface area contributed by atoms with Gasteiger partial charge in [-0.3, -0.25) is 4.79 Å². The van der Waals surface area contributed by atoms with Gasteiger partial charge in [0.25, 0.3) is 0 Å². The highest BCUT2D eigenvalue weighted by Gasteiger charge is 2.41. The standard InChI is InChI=1S/C14H14O6/c1-10(16)18-9-14(8-15)19-12(7-13(17)20-14)11-5-3-2-4-6-11/h2-7,15H,8-9H2,1H3/t14-/m0/s1. The van der Waals surface area contributed by atoms with Crippen molar-refractivity contribution in [1.29, 1.82) is 0 Å². The molecular weight excluding hydrogens is 264 g/mol. The Labute approximate surface area is 115 Å². The summed E-state index contributed by atoms with van der Waals surface area (Å²) in [5.74, 6) is -2.68. The maximum Gasteiger partial charge on any atom is 0.338 e. The van der Waals surface area contributed by atoms with Crippen LogP contribution in [0.1, 0.15) is 12.5 Å². The summed E-state index contributed by atoms with van der Waals surface area (Å²) in [6.07, 6.45) is 1.18. The van der Waals surface area contributed by atoms with E-state index in [0.29, 0.717) is 5.56 Å². The molecule has 0 fully saturated rings. The molecule has 6 nitrogen and oxygen atoms in total. The third-order valence-electron chi connectivity index (χ3n) is 2.63. The number of carbonyl (C=O) groups is 2. The topological polar surface area (TPSA) is 82.1 Å². The molecule has 0 saturated heterocycles. The zero-order valence-electron chi connectivity index (χ0n) is 10.9. The lowest BCUT2D eigenvalue weighted by Gasteiger charge is -2.34. The van der Waals surface area contributed by atoms with Crippen LogP contribution in [-0.4, -0.2) is 36.0 Å². The molecule has 1 heterocycles. The number of cyclic esters (lactones) is 1. The van der Waals surface area contributed by atoms with Crippen molar-refractivity contribution >= 4 is 17.7 Å². The van der Waals surface area contributed by atoms with Gasteiger partial charge in [-0.15, -0.1) is 0 Å². The first kappa shape index (κ1) is 14.1. The van der Waals surface area contributed by atoms with Crippen molar-refractivity contribution < 1.29 is 28.9 Å². The van der Waals surface area contributed by atoms with Gasteiger partial charge in [0.1, 0.15) is 12.4 Å². The van der Waals surface area contributed by atoms with Gasteiger partial charge in [0.15, 0.2) is 6.61 Å². The highest BCUT2D eigenvalue weighted by Crippen LogP contribution is 2.29. The number of rotatable bonds is 4. The number of esters is 2. The molecule has 1 aromatic carbocycles. The Hall–Kier alpha value is -2.34. The van der Waals surface area contributed by atoms with E-state index in [4.69, 9.17) is 14.2 Å². The Balaban J connectivity index is 2.24. The molecule has 2 rings (SSSR count). The van der Waals surface area contributed by atoms with Gasteiger partial charge in [0.2, 0.25) is 0 Å². The number of ether oxygens (including phenoxy) is 3. The summed E-state index contributed by atoms with van der Waals surface area (Å²) < 4.78 is 15.3. The summed E-state index contributed by atoms with van der Waals surface area (Å²) >= 11 is 0. The van der Waals surface area contributed by atoms with Crippen LogP contribution in [0.4, 0.5) is 0 Å². The average Bonchev–Trinajstić information content (AvgIpc) is 2.45. The molecule has 106 valence electrons. The minimum atomic E-state index is -1.71. The Morgan fingerprint density at radius 1 is 1.30 bits per heavy atom. The van der Waals surface area contributed by atoms with Crippen molar-refractivity contribution in [3.05, 3.63) is 42.0 Å². The van der Waals surface area contributed by atoms with Crippen LogP contribution in [0.2, 0.25) is 0 Å². The van der Waals surface area contributed by atoms with Crippen LogP contribution < -0.4 is 0 Å². The van der Waals surface area contributed by atoms with Crippen LogP contribution in [0.5, 0.6) is 0 Å². The fourth-order valence-corrected chi connectivity index (χ4v) is 1.70. The molecule has 1 N–H and O–H groups in total. The van der Waals surface area contributed by atoms with Gasteiger partial charge in [-0.25, -0.2) is 4.79 Å². The van der Waals surface area contributed by atoms with Crippen molar-refractivity contribution in [3.8, 4) is 0 Å². The van der Waals surface area contributed by atoms with Crippen molar-refractivity contribution in [2.75, 3.05) is 13.2 Å². The summed E-state index contributed by atoms with van der Waals surface area (Å²) in [6.45, 7) is 0.203. The third-order valence-corrected chi connectivity index (χ3v) is 2.63. The molecule has 20 heavy (non-hydrogen) atoms. The van der Waals surface area contributed by atoms with Gasteiger partial charge in [0, 0.05) is 12.5 Å². The molecule has 0 saturated carbocycles. The normalized spacial score (nSPS) is 21.5. The molecule has 0 aliphatic carbocycles. The fraction of sp³-hybridized carbons (Fsp3) is 0.286. The fourth-order valence-electron chi connectivity index (χ4n) is 1.70. The maximum absolute atomic E-state index is 11.6. The summed E-state index contributed by atoms with van der Waals surface area (Å²) in [4.78, 5) is 22.5. The zero-order chi connectivity index (χ0) is 14.6. The van der Waals surface area contributed by atoms with E-state index in [1.165, 1.54) is 13.0 Å². The molecule has 6 heteroatoms. The predicted molar refractivity (Wildman–Crippen MR) is 68.0 cm³/mol. The maximum atomic E-state index is 11.6. The lowest BCUT2D eigenvalue weighted by Crippen LogP contribution is -2.48. The van der Waals surface area contributed by atoms with E-state index in [9.17, 15) is 14.7 Å². The molecular formula is C14H14O6. The molecule has 1 aromatic rings. The summed E-state index contributed by atoms with van der Waals surface area (Å²) in [6, 6.07) is 8.89. The number of benzene rings is 1. The van der Waals surface area contributed by atoms with Crippen LogP contribution in [-0.2, 0) is 23.8 Å². The van der Waals surface area contributed by atoms with Gasteiger partial charge >= 0.3 is 17.7 Å². The van der Waals surface area contributed by atoms with Crippen molar-refractivity contribution in [2.45, 2.75) is 12.7 Å². The molecule has 0 amide bonds. The highest BCUT2D eigenvalue weighted by atomic mass is 16.7. The Kier molecular flexibility index (Phi) is 4.05. The molecule has 0 spiro atoms. The van der Waals surface area contributed by atoms with Crippen LogP contribution in [0.25, 0.3) is 5.76 Å². The summed E-state index contributed by atoms with van der Waals surface area (Å²) in [7, 11) is 0. The van der Waals surface area contributed by atoms with Crippen LogP contribution in [0, 0.1) is 0 Å². The molecule has 1 aliphatic heterocycles. The van der Waals surface area contributed by atoms with E-state index in [1.807, 2.05) is 6.07 Å². The van der Waals surface area contributed by atoms with Gasteiger partial charge in [-0.05, 0) is 0 Å². The van der Waals surface area contributed by atoms with Crippen molar-refractivity contribution in [1.82, 2.24) is 0 Å². The van der Waals surface area contributed by atoms with Gasteiger partial charge < -0.3 is 19.3 Å². The second-order valence-electron chi connectivity index (χ2n) is 4.25. The monoisotopic (exact) mass is 278 g/mol. The Morgan fingerprint density at radius 3 is 2.60 bits per heavy atom. The summed E-state index contributed by atoms with van der Waals surface area (Å²) in [5, 5.41) is 9.42. The van der Waals surface area contributed by atoms with Crippen molar-refractivity contribution in [2.24, 2.45) is 0 Å².